The second-order valence-corrected chi connectivity index (χ2v) is 15.4. The second kappa shape index (κ2) is 8.14. The van der Waals surface area contributed by atoms with Gasteiger partial charge in [0.05, 0.1) is 10.9 Å². The minimum Gasteiger partial charge on any atom is -0.315 e. The molecule has 3 aliphatic heterocycles. The quantitative estimate of drug-likeness (QED) is 0.148. The predicted octanol–water partition coefficient (Wildman–Crippen LogP) is 8.93. The van der Waals surface area contributed by atoms with Gasteiger partial charge >= 0.3 is 0 Å². The van der Waals surface area contributed by atoms with Crippen LogP contribution in [0.15, 0.2) is 115 Å². The first-order valence-corrected chi connectivity index (χ1v) is 18.0. The monoisotopic (exact) mass is 634 g/mol. The molecule has 4 aliphatic rings. The van der Waals surface area contributed by atoms with Crippen molar-refractivity contribution in [2.45, 2.75) is 33.1 Å². The summed E-state index contributed by atoms with van der Waals surface area (Å²) in [5, 5.41) is 6.83. The zero-order valence-electron chi connectivity index (χ0n) is 28.4. The molecule has 7 aromatic carbocycles. The van der Waals surface area contributed by atoms with E-state index in [1.807, 2.05) is 0 Å². The van der Waals surface area contributed by atoms with Gasteiger partial charge in [-0.2, -0.15) is 0 Å². The molecule has 1 aliphatic carbocycles. The van der Waals surface area contributed by atoms with Crippen molar-refractivity contribution in [2.75, 3.05) is 0 Å². The Hall–Kier alpha value is -5.80. The van der Waals surface area contributed by atoms with Gasteiger partial charge in [-0.3, -0.25) is 0 Å². The highest BCUT2D eigenvalue weighted by Gasteiger charge is 2.54. The lowest BCUT2D eigenvalue weighted by molar-refractivity contribution is 0.748. The van der Waals surface area contributed by atoms with Crippen LogP contribution in [0.4, 0.5) is 0 Å². The summed E-state index contributed by atoms with van der Waals surface area (Å²) < 4.78 is 5.33. The number of aryl methyl sites for hydroxylation is 3. The number of aromatic nitrogens is 2. The molecule has 0 atom stereocenters. The van der Waals surface area contributed by atoms with Gasteiger partial charge in [-0.15, -0.1) is 0 Å². The number of hydrogen-bond donors (Lipinski definition) is 0. The zero-order chi connectivity index (χ0) is 32.9. The first-order chi connectivity index (χ1) is 24.5. The van der Waals surface area contributed by atoms with E-state index in [1.54, 1.807) is 0 Å². The standard InChI is InChI=1S/C47H31BN2/c1-24-19-32-33-20-25(2)22-38-44(33)50-43(32)37(21-24)47(34-15-9-7-13-30(34)31-14-8-10-16-35(31)47)36-17-18-40-42(45(36)50)48(38)39-23-28-11-5-6-12-29(28)41-26(3)27(4)49(40)46(39)41/h5-23H,1-4H3. The lowest BCUT2D eigenvalue weighted by atomic mass is 9.33. The summed E-state index contributed by atoms with van der Waals surface area (Å²) in [6.45, 7) is 9.38. The summed E-state index contributed by atoms with van der Waals surface area (Å²) in [4.78, 5) is 0. The van der Waals surface area contributed by atoms with Crippen molar-refractivity contribution in [3.63, 3.8) is 0 Å². The number of rotatable bonds is 0. The lowest BCUT2D eigenvalue weighted by Gasteiger charge is -2.44. The highest BCUT2D eigenvalue weighted by molar-refractivity contribution is 7.00. The maximum Gasteiger partial charge on any atom is 0.252 e. The molecule has 0 fully saturated rings. The number of fused-ring (bicyclic) bond motifs is 13. The van der Waals surface area contributed by atoms with E-state index in [2.05, 4.69) is 152 Å². The highest BCUT2D eigenvalue weighted by Crippen LogP contribution is 2.61. The molecule has 2 aromatic heterocycles. The SMILES string of the molecule is Cc1cc2c3c(c1)c1cc(C)cc4c1n3-c1c(ccc3c1B2c1cc2ccccc2c2c(C)c(C)n-3c12)C41c2ccccc2-c2ccccc21. The smallest absolute Gasteiger partial charge is 0.252 e. The third kappa shape index (κ3) is 2.53. The molecular weight excluding hydrogens is 603 g/mol. The Balaban J connectivity index is 1.34. The average Bonchev–Trinajstić information content (AvgIpc) is 3.72. The molecule has 0 amide bonds. The van der Waals surface area contributed by atoms with Crippen LogP contribution in [0.5, 0.6) is 0 Å². The van der Waals surface area contributed by atoms with Gasteiger partial charge in [-0.1, -0.05) is 108 Å². The lowest BCUT2D eigenvalue weighted by Crippen LogP contribution is -2.60. The Bertz CT molecular complexity index is 3100. The zero-order valence-corrected chi connectivity index (χ0v) is 28.4. The van der Waals surface area contributed by atoms with Crippen molar-refractivity contribution in [3.05, 3.63) is 160 Å². The molecule has 0 saturated heterocycles. The molecule has 13 rings (SSSR count). The largest absolute Gasteiger partial charge is 0.315 e. The molecule has 232 valence electrons. The van der Waals surface area contributed by atoms with Crippen LogP contribution in [0.25, 0.3) is 66.0 Å². The summed E-state index contributed by atoms with van der Waals surface area (Å²) in [5.41, 5.74) is 24.4. The molecule has 9 aromatic rings. The molecule has 3 heteroatoms. The molecule has 1 spiro atoms. The molecule has 5 heterocycles. The van der Waals surface area contributed by atoms with Gasteiger partial charge in [0, 0.05) is 44.3 Å². The highest BCUT2D eigenvalue weighted by atomic mass is 15.1. The van der Waals surface area contributed by atoms with Crippen LogP contribution in [0.3, 0.4) is 0 Å². The predicted molar refractivity (Wildman–Crippen MR) is 210 cm³/mol. The topological polar surface area (TPSA) is 9.86 Å². The van der Waals surface area contributed by atoms with Gasteiger partial charge in [0.15, 0.2) is 0 Å². The van der Waals surface area contributed by atoms with Gasteiger partial charge in [0.1, 0.15) is 0 Å². The van der Waals surface area contributed by atoms with Crippen LogP contribution in [-0.4, -0.2) is 15.8 Å². The van der Waals surface area contributed by atoms with Crippen LogP contribution in [0.2, 0.25) is 0 Å². The Labute approximate surface area is 290 Å². The normalized spacial score (nSPS) is 14.9. The average molecular weight is 635 g/mol. The first kappa shape index (κ1) is 26.1. The third-order valence-electron chi connectivity index (χ3n) is 13.1. The van der Waals surface area contributed by atoms with Gasteiger partial charge in [0.25, 0.3) is 6.71 Å². The van der Waals surface area contributed by atoms with E-state index in [0.717, 1.165) is 0 Å². The molecule has 0 N–H and O–H groups in total. The molecule has 0 saturated carbocycles. The van der Waals surface area contributed by atoms with Gasteiger partial charge in [-0.25, -0.2) is 0 Å². The van der Waals surface area contributed by atoms with Crippen molar-refractivity contribution in [1.82, 2.24) is 9.13 Å². The Morgan fingerprint density at radius 2 is 1.18 bits per heavy atom. The number of hydrogen-bond acceptors (Lipinski definition) is 0. The minimum absolute atomic E-state index is 0.124. The maximum atomic E-state index is 2.71. The van der Waals surface area contributed by atoms with Crippen LogP contribution < -0.4 is 16.4 Å². The summed E-state index contributed by atoms with van der Waals surface area (Å²) in [7, 11) is 0. The van der Waals surface area contributed by atoms with Crippen molar-refractivity contribution in [2.24, 2.45) is 0 Å². The van der Waals surface area contributed by atoms with E-state index in [0.29, 0.717) is 0 Å². The van der Waals surface area contributed by atoms with Crippen LogP contribution in [0, 0.1) is 27.7 Å². The molecule has 0 radical (unpaired) electrons. The van der Waals surface area contributed by atoms with Crippen molar-refractivity contribution < 1.29 is 0 Å². The van der Waals surface area contributed by atoms with Crippen molar-refractivity contribution in [1.29, 1.82) is 0 Å². The van der Waals surface area contributed by atoms with Gasteiger partial charge < -0.3 is 9.13 Å². The van der Waals surface area contributed by atoms with E-state index in [-0.39, 0.29) is 6.71 Å². The van der Waals surface area contributed by atoms with Crippen LogP contribution in [0.1, 0.15) is 44.6 Å². The maximum absolute atomic E-state index is 2.71. The van der Waals surface area contributed by atoms with E-state index in [1.165, 1.54) is 127 Å². The fourth-order valence-corrected chi connectivity index (χ4v) is 11.4. The number of nitrogens with zero attached hydrogens (tertiary/aromatic N) is 2. The summed E-state index contributed by atoms with van der Waals surface area (Å²) in [6.07, 6.45) is 0. The van der Waals surface area contributed by atoms with Crippen molar-refractivity contribution in [3.8, 4) is 22.5 Å². The molecule has 2 nitrogen and oxygen atoms in total. The van der Waals surface area contributed by atoms with E-state index in [9.17, 15) is 0 Å². The van der Waals surface area contributed by atoms with E-state index in [4.69, 9.17) is 0 Å². The van der Waals surface area contributed by atoms with Crippen LogP contribution >= 0.6 is 0 Å². The Morgan fingerprint density at radius 3 is 1.96 bits per heavy atom. The molecule has 0 unspecified atom stereocenters. The summed E-state index contributed by atoms with van der Waals surface area (Å²) >= 11 is 0. The molecular formula is C47H31BN2. The molecule has 50 heavy (non-hydrogen) atoms. The fourth-order valence-electron chi connectivity index (χ4n) is 11.4. The Kier molecular flexibility index (Phi) is 4.26. The van der Waals surface area contributed by atoms with E-state index < -0.39 is 5.41 Å². The third-order valence-corrected chi connectivity index (χ3v) is 13.1. The minimum atomic E-state index is -0.427. The van der Waals surface area contributed by atoms with Gasteiger partial charge in [0.2, 0.25) is 0 Å². The van der Waals surface area contributed by atoms with Crippen LogP contribution in [-0.2, 0) is 5.41 Å². The van der Waals surface area contributed by atoms with Crippen molar-refractivity contribution >= 4 is 66.6 Å². The Morgan fingerprint density at radius 1 is 0.520 bits per heavy atom. The number of benzene rings is 7. The molecule has 0 bridgehead atoms. The van der Waals surface area contributed by atoms with Gasteiger partial charge in [-0.05, 0) is 112 Å². The second-order valence-electron chi connectivity index (χ2n) is 15.4. The first-order valence-electron chi connectivity index (χ1n) is 18.0. The van der Waals surface area contributed by atoms with E-state index >= 15 is 0 Å². The summed E-state index contributed by atoms with van der Waals surface area (Å²) in [6, 6.07) is 44.9. The summed E-state index contributed by atoms with van der Waals surface area (Å²) in [5.74, 6) is 0. The fraction of sp³-hybridized carbons (Fsp3) is 0.106.